The highest BCUT2D eigenvalue weighted by molar-refractivity contribution is 6.06. The normalized spacial score (nSPS) is 11.1. The van der Waals surface area contributed by atoms with Gasteiger partial charge in [0.15, 0.2) is 0 Å². The fourth-order valence-electron chi connectivity index (χ4n) is 2.24. The highest BCUT2D eigenvalue weighted by atomic mass is 19.4. The van der Waals surface area contributed by atoms with Gasteiger partial charge in [-0.2, -0.15) is 13.2 Å². The number of ether oxygens (including phenoxy) is 1. The third kappa shape index (κ3) is 5.41. The first-order chi connectivity index (χ1) is 11.8. The second kappa shape index (κ2) is 7.92. The average molecular weight is 352 g/mol. The second-order valence-corrected chi connectivity index (χ2v) is 5.38. The molecule has 134 valence electrons. The fourth-order valence-corrected chi connectivity index (χ4v) is 2.24. The first-order valence-electron chi connectivity index (χ1n) is 7.74. The van der Waals surface area contributed by atoms with Gasteiger partial charge in [-0.05, 0) is 49.7 Å². The lowest BCUT2D eigenvalue weighted by Gasteiger charge is -2.15. The molecule has 0 spiro atoms. The Bertz CT molecular complexity index is 745. The SMILES string of the molecule is CCOc1ccc(C(=O)Nc2ccccc2NCC(F)(F)F)cc1C. The minimum Gasteiger partial charge on any atom is -0.494 e. The number of nitrogens with one attached hydrogen (secondary N) is 2. The molecule has 4 nitrogen and oxygen atoms in total. The van der Waals surface area contributed by atoms with Crippen LogP contribution < -0.4 is 15.4 Å². The number of rotatable bonds is 6. The molecule has 2 aromatic carbocycles. The fraction of sp³-hybridized carbons (Fsp3) is 0.278. The van der Waals surface area contributed by atoms with Gasteiger partial charge in [-0.25, -0.2) is 0 Å². The minimum absolute atomic E-state index is 0.204. The van der Waals surface area contributed by atoms with Crippen LogP contribution in [-0.4, -0.2) is 25.2 Å². The second-order valence-electron chi connectivity index (χ2n) is 5.38. The van der Waals surface area contributed by atoms with Crippen molar-refractivity contribution in [2.45, 2.75) is 20.0 Å². The number of carbonyl (C=O) groups is 1. The van der Waals surface area contributed by atoms with Crippen LogP contribution in [0.4, 0.5) is 24.5 Å². The molecule has 1 amide bonds. The average Bonchev–Trinajstić information content (AvgIpc) is 2.55. The molecule has 0 bridgehead atoms. The molecule has 7 heteroatoms. The standard InChI is InChI=1S/C18H19F3N2O2/c1-3-25-16-9-8-13(10-12(16)2)17(24)23-15-7-5-4-6-14(15)22-11-18(19,20)21/h4-10,22H,3,11H2,1-2H3,(H,23,24). The molecule has 0 saturated carbocycles. The third-order valence-corrected chi connectivity index (χ3v) is 3.39. The van der Waals surface area contributed by atoms with Gasteiger partial charge in [0.25, 0.3) is 5.91 Å². The number of hydrogen-bond acceptors (Lipinski definition) is 3. The van der Waals surface area contributed by atoms with Gasteiger partial charge < -0.3 is 15.4 Å². The van der Waals surface area contributed by atoms with Crippen LogP contribution in [0.3, 0.4) is 0 Å². The minimum atomic E-state index is -4.34. The molecule has 0 radical (unpaired) electrons. The lowest BCUT2D eigenvalue weighted by Crippen LogP contribution is -2.22. The van der Waals surface area contributed by atoms with Crippen molar-refractivity contribution >= 4 is 17.3 Å². The zero-order valence-electron chi connectivity index (χ0n) is 13.9. The summed E-state index contributed by atoms with van der Waals surface area (Å²) in [6.45, 7) is 3.03. The van der Waals surface area contributed by atoms with E-state index < -0.39 is 18.6 Å². The molecule has 0 aromatic heterocycles. The van der Waals surface area contributed by atoms with Crippen LogP contribution in [0.25, 0.3) is 0 Å². The summed E-state index contributed by atoms with van der Waals surface area (Å²) in [4.78, 5) is 12.4. The summed E-state index contributed by atoms with van der Waals surface area (Å²) < 4.78 is 42.6. The molecule has 0 saturated heterocycles. The zero-order chi connectivity index (χ0) is 18.4. The largest absolute Gasteiger partial charge is 0.494 e. The van der Waals surface area contributed by atoms with Crippen molar-refractivity contribution in [3.63, 3.8) is 0 Å². The molecule has 2 aromatic rings. The Hall–Kier alpha value is -2.70. The number of benzene rings is 2. The Balaban J connectivity index is 2.14. The van der Waals surface area contributed by atoms with Crippen molar-refractivity contribution in [3.8, 4) is 5.75 Å². The predicted molar refractivity (Wildman–Crippen MR) is 91.3 cm³/mol. The molecule has 0 aliphatic carbocycles. The summed E-state index contributed by atoms with van der Waals surface area (Å²) in [7, 11) is 0. The summed E-state index contributed by atoms with van der Waals surface area (Å²) in [5.41, 5.74) is 1.68. The van der Waals surface area contributed by atoms with Gasteiger partial charge in [0, 0.05) is 5.56 Å². The van der Waals surface area contributed by atoms with Gasteiger partial charge in [-0.3, -0.25) is 4.79 Å². The molecular formula is C18H19F3N2O2. The molecule has 0 unspecified atom stereocenters. The van der Waals surface area contributed by atoms with Crippen LogP contribution in [0, 0.1) is 6.92 Å². The Morgan fingerprint density at radius 2 is 1.80 bits per heavy atom. The highest BCUT2D eigenvalue weighted by Gasteiger charge is 2.27. The Morgan fingerprint density at radius 1 is 1.12 bits per heavy atom. The number of alkyl halides is 3. The smallest absolute Gasteiger partial charge is 0.405 e. The van der Waals surface area contributed by atoms with Crippen LogP contribution in [0.2, 0.25) is 0 Å². The van der Waals surface area contributed by atoms with Crippen molar-refractivity contribution in [2.75, 3.05) is 23.8 Å². The molecule has 25 heavy (non-hydrogen) atoms. The van der Waals surface area contributed by atoms with Gasteiger partial charge in [0.1, 0.15) is 12.3 Å². The number of aryl methyl sites for hydroxylation is 1. The summed E-state index contributed by atoms with van der Waals surface area (Å²) >= 11 is 0. The molecule has 0 aliphatic heterocycles. The molecule has 2 rings (SSSR count). The number of halogens is 3. The van der Waals surface area contributed by atoms with E-state index in [1.165, 1.54) is 12.1 Å². The van der Waals surface area contributed by atoms with Crippen molar-refractivity contribution in [3.05, 3.63) is 53.6 Å². The van der Waals surface area contributed by atoms with Gasteiger partial charge in [0.2, 0.25) is 0 Å². The summed E-state index contributed by atoms with van der Waals surface area (Å²) in [5.74, 6) is 0.277. The molecule has 0 aliphatic rings. The van der Waals surface area contributed by atoms with Crippen molar-refractivity contribution in [1.29, 1.82) is 0 Å². The van der Waals surface area contributed by atoms with E-state index in [4.69, 9.17) is 4.74 Å². The molecule has 0 heterocycles. The summed E-state index contributed by atoms with van der Waals surface area (Å²) in [6.07, 6.45) is -4.34. The highest BCUT2D eigenvalue weighted by Crippen LogP contribution is 2.25. The van der Waals surface area contributed by atoms with Crippen molar-refractivity contribution in [2.24, 2.45) is 0 Å². The van der Waals surface area contributed by atoms with E-state index >= 15 is 0 Å². The maximum atomic E-state index is 12.4. The molecule has 0 fully saturated rings. The van der Waals surface area contributed by atoms with E-state index in [1.807, 2.05) is 13.8 Å². The first kappa shape index (κ1) is 18.6. The van der Waals surface area contributed by atoms with Crippen LogP contribution >= 0.6 is 0 Å². The maximum Gasteiger partial charge on any atom is 0.405 e. The predicted octanol–water partition coefficient (Wildman–Crippen LogP) is 4.62. The third-order valence-electron chi connectivity index (χ3n) is 3.39. The molecule has 0 atom stereocenters. The molecular weight excluding hydrogens is 333 g/mol. The van der Waals surface area contributed by atoms with Gasteiger partial charge in [-0.1, -0.05) is 12.1 Å². The van der Waals surface area contributed by atoms with E-state index in [-0.39, 0.29) is 11.4 Å². The Kier molecular flexibility index (Phi) is 5.90. The monoisotopic (exact) mass is 352 g/mol. The summed E-state index contributed by atoms with van der Waals surface area (Å²) in [5, 5.41) is 4.92. The van der Waals surface area contributed by atoms with Crippen LogP contribution in [0.5, 0.6) is 5.75 Å². The van der Waals surface area contributed by atoms with Crippen molar-refractivity contribution < 1.29 is 22.7 Å². The van der Waals surface area contributed by atoms with E-state index in [1.54, 1.807) is 30.3 Å². The number of para-hydroxylation sites is 2. The first-order valence-corrected chi connectivity index (χ1v) is 7.74. The Morgan fingerprint density at radius 3 is 2.40 bits per heavy atom. The zero-order valence-corrected chi connectivity index (χ0v) is 13.9. The van der Waals surface area contributed by atoms with E-state index in [0.29, 0.717) is 17.9 Å². The lowest BCUT2D eigenvalue weighted by molar-refractivity contribution is -0.115. The molecule has 2 N–H and O–H groups in total. The van der Waals surface area contributed by atoms with E-state index in [9.17, 15) is 18.0 Å². The Labute approximate surface area is 144 Å². The topological polar surface area (TPSA) is 50.4 Å². The maximum absolute atomic E-state index is 12.4. The number of anilines is 2. The number of carbonyl (C=O) groups excluding carboxylic acids is 1. The number of hydrogen-bond donors (Lipinski definition) is 2. The summed E-state index contributed by atoms with van der Waals surface area (Å²) in [6, 6.07) is 11.2. The van der Waals surface area contributed by atoms with Crippen molar-refractivity contribution in [1.82, 2.24) is 0 Å². The van der Waals surface area contributed by atoms with Gasteiger partial charge in [-0.15, -0.1) is 0 Å². The van der Waals surface area contributed by atoms with Crippen LogP contribution in [-0.2, 0) is 0 Å². The van der Waals surface area contributed by atoms with Gasteiger partial charge >= 0.3 is 6.18 Å². The quantitative estimate of drug-likeness (QED) is 0.798. The van der Waals surface area contributed by atoms with Gasteiger partial charge in [0.05, 0.1) is 18.0 Å². The number of amides is 1. The van der Waals surface area contributed by atoms with Crippen LogP contribution in [0.15, 0.2) is 42.5 Å². The van der Waals surface area contributed by atoms with E-state index in [2.05, 4.69) is 10.6 Å². The lowest BCUT2D eigenvalue weighted by atomic mass is 10.1. The van der Waals surface area contributed by atoms with Crippen LogP contribution in [0.1, 0.15) is 22.8 Å². The van der Waals surface area contributed by atoms with E-state index in [0.717, 1.165) is 5.56 Å².